The predicted octanol–water partition coefficient (Wildman–Crippen LogP) is 4.46. The predicted molar refractivity (Wildman–Crippen MR) is 78.0 cm³/mol. The molecule has 0 aliphatic rings. The average molecular weight is 322 g/mol. The van der Waals surface area contributed by atoms with Crippen LogP contribution in [-0.2, 0) is 0 Å². The highest BCUT2D eigenvalue weighted by molar-refractivity contribution is 9.10. The van der Waals surface area contributed by atoms with E-state index < -0.39 is 0 Å². The second-order valence-electron chi connectivity index (χ2n) is 4.45. The number of rotatable bonds is 2. The Kier molecular flexibility index (Phi) is 4.00. The van der Waals surface area contributed by atoms with Gasteiger partial charge in [0.1, 0.15) is 5.82 Å². The first-order valence-electron chi connectivity index (χ1n) is 5.80. The average Bonchev–Trinajstić information content (AvgIpc) is 2.31. The molecule has 0 aliphatic heterocycles. The molecule has 0 aliphatic carbocycles. The molecule has 0 spiro atoms. The van der Waals surface area contributed by atoms with Gasteiger partial charge in [0.15, 0.2) is 0 Å². The first-order valence-corrected chi connectivity index (χ1v) is 6.60. The molecule has 2 aromatic rings. The van der Waals surface area contributed by atoms with Gasteiger partial charge < -0.3 is 5.32 Å². The number of aryl methyl sites for hydroxylation is 2. The van der Waals surface area contributed by atoms with E-state index in [4.69, 9.17) is 0 Å². The van der Waals surface area contributed by atoms with Crippen molar-refractivity contribution in [1.29, 1.82) is 0 Å². The summed E-state index contributed by atoms with van der Waals surface area (Å²) in [6.07, 6.45) is 0. The van der Waals surface area contributed by atoms with Crippen LogP contribution >= 0.6 is 15.9 Å². The van der Waals surface area contributed by atoms with Crippen molar-refractivity contribution in [1.82, 2.24) is 0 Å². The Morgan fingerprint density at radius 3 is 2.32 bits per heavy atom. The Morgan fingerprint density at radius 2 is 1.74 bits per heavy atom. The highest BCUT2D eigenvalue weighted by Crippen LogP contribution is 2.23. The zero-order valence-electron chi connectivity index (χ0n) is 10.6. The van der Waals surface area contributed by atoms with Gasteiger partial charge in [0.05, 0.1) is 5.69 Å². The van der Waals surface area contributed by atoms with E-state index in [0.29, 0.717) is 15.7 Å². The molecule has 1 amide bonds. The summed E-state index contributed by atoms with van der Waals surface area (Å²) in [5.41, 5.74) is 3.20. The third-order valence-electron chi connectivity index (χ3n) is 2.66. The van der Waals surface area contributed by atoms with Gasteiger partial charge in [0.25, 0.3) is 5.91 Å². The van der Waals surface area contributed by atoms with E-state index in [-0.39, 0.29) is 11.7 Å². The SMILES string of the molecule is Cc1cc(C)cc(C(=O)Nc2ccc(F)cc2Br)c1. The highest BCUT2D eigenvalue weighted by atomic mass is 79.9. The number of nitrogens with one attached hydrogen (secondary N) is 1. The van der Waals surface area contributed by atoms with Gasteiger partial charge in [-0.3, -0.25) is 4.79 Å². The Hall–Kier alpha value is -1.68. The van der Waals surface area contributed by atoms with Gasteiger partial charge in [-0.05, 0) is 60.1 Å². The lowest BCUT2D eigenvalue weighted by Crippen LogP contribution is -2.12. The lowest BCUT2D eigenvalue weighted by Gasteiger charge is -2.09. The Balaban J connectivity index is 2.25. The summed E-state index contributed by atoms with van der Waals surface area (Å²) in [5, 5.41) is 2.76. The number of amides is 1. The van der Waals surface area contributed by atoms with Crippen LogP contribution in [0.1, 0.15) is 21.5 Å². The number of carbonyl (C=O) groups excluding carboxylic acids is 1. The van der Waals surface area contributed by atoms with E-state index in [2.05, 4.69) is 21.2 Å². The summed E-state index contributed by atoms with van der Waals surface area (Å²) in [6.45, 7) is 3.88. The number of halogens is 2. The number of hydrogen-bond donors (Lipinski definition) is 1. The minimum Gasteiger partial charge on any atom is -0.321 e. The summed E-state index contributed by atoms with van der Waals surface area (Å²) >= 11 is 3.22. The summed E-state index contributed by atoms with van der Waals surface area (Å²) in [4.78, 5) is 12.1. The standard InChI is InChI=1S/C15H13BrFNO/c1-9-5-10(2)7-11(6-9)15(19)18-14-4-3-12(17)8-13(14)16/h3-8H,1-2H3,(H,18,19). The number of carbonyl (C=O) groups is 1. The van der Waals surface area contributed by atoms with Crippen molar-refractivity contribution in [3.05, 3.63) is 63.4 Å². The van der Waals surface area contributed by atoms with Crippen molar-refractivity contribution in [3.8, 4) is 0 Å². The minimum atomic E-state index is -0.351. The van der Waals surface area contributed by atoms with E-state index >= 15 is 0 Å². The van der Waals surface area contributed by atoms with Crippen molar-refractivity contribution in [2.45, 2.75) is 13.8 Å². The first-order chi connectivity index (χ1) is 8.95. The molecule has 0 bridgehead atoms. The largest absolute Gasteiger partial charge is 0.321 e. The van der Waals surface area contributed by atoms with E-state index in [9.17, 15) is 9.18 Å². The molecule has 0 saturated heterocycles. The monoisotopic (exact) mass is 321 g/mol. The number of anilines is 1. The molecule has 98 valence electrons. The normalized spacial score (nSPS) is 10.3. The zero-order valence-corrected chi connectivity index (χ0v) is 12.2. The van der Waals surface area contributed by atoms with Crippen LogP contribution in [0.3, 0.4) is 0 Å². The van der Waals surface area contributed by atoms with Crippen molar-refractivity contribution < 1.29 is 9.18 Å². The fraction of sp³-hybridized carbons (Fsp3) is 0.133. The van der Waals surface area contributed by atoms with E-state index in [1.165, 1.54) is 18.2 Å². The van der Waals surface area contributed by atoms with Gasteiger partial charge in [0, 0.05) is 10.0 Å². The molecule has 0 aromatic heterocycles. The van der Waals surface area contributed by atoms with Gasteiger partial charge in [0.2, 0.25) is 0 Å². The second kappa shape index (κ2) is 5.53. The van der Waals surface area contributed by atoms with E-state index in [1.54, 1.807) is 0 Å². The van der Waals surface area contributed by atoms with Gasteiger partial charge in [-0.2, -0.15) is 0 Å². The van der Waals surface area contributed by atoms with Crippen LogP contribution in [0.25, 0.3) is 0 Å². The Bertz CT molecular complexity index is 620. The van der Waals surface area contributed by atoms with Crippen molar-refractivity contribution in [3.63, 3.8) is 0 Å². The third-order valence-corrected chi connectivity index (χ3v) is 3.32. The van der Waals surface area contributed by atoms with Crippen LogP contribution in [0.15, 0.2) is 40.9 Å². The molecule has 0 saturated carbocycles. The van der Waals surface area contributed by atoms with Crippen LogP contribution in [0.5, 0.6) is 0 Å². The maximum absolute atomic E-state index is 13.0. The van der Waals surface area contributed by atoms with E-state index in [1.807, 2.05) is 32.0 Å². The quantitative estimate of drug-likeness (QED) is 0.869. The van der Waals surface area contributed by atoms with Crippen LogP contribution < -0.4 is 5.32 Å². The molecule has 4 heteroatoms. The maximum atomic E-state index is 13.0. The fourth-order valence-electron chi connectivity index (χ4n) is 1.89. The lowest BCUT2D eigenvalue weighted by molar-refractivity contribution is 0.102. The molecule has 0 unspecified atom stereocenters. The van der Waals surface area contributed by atoms with Crippen molar-refractivity contribution in [2.75, 3.05) is 5.32 Å². The Morgan fingerprint density at radius 1 is 1.11 bits per heavy atom. The van der Waals surface area contributed by atoms with Crippen molar-refractivity contribution in [2.24, 2.45) is 0 Å². The number of hydrogen-bond acceptors (Lipinski definition) is 1. The molecule has 2 rings (SSSR count). The molecule has 0 fully saturated rings. The summed E-state index contributed by atoms with van der Waals surface area (Å²) in [5.74, 6) is -0.560. The second-order valence-corrected chi connectivity index (χ2v) is 5.31. The van der Waals surface area contributed by atoms with Gasteiger partial charge in [-0.15, -0.1) is 0 Å². The Labute approximate surface area is 119 Å². The van der Waals surface area contributed by atoms with Crippen LogP contribution in [-0.4, -0.2) is 5.91 Å². The highest BCUT2D eigenvalue weighted by Gasteiger charge is 2.09. The van der Waals surface area contributed by atoms with Gasteiger partial charge >= 0.3 is 0 Å². The van der Waals surface area contributed by atoms with Crippen molar-refractivity contribution >= 4 is 27.5 Å². The molecular formula is C15H13BrFNO. The molecule has 0 heterocycles. The van der Waals surface area contributed by atoms with Crippen LogP contribution in [0, 0.1) is 19.7 Å². The molecule has 1 N–H and O–H groups in total. The zero-order chi connectivity index (χ0) is 14.0. The van der Waals surface area contributed by atoms with Crippen LogP contribution in [0.4, 0.5) is 10.1 Å². The topological polar surface area (TPSA) is 29.1 Å². The first kappa shape index (κ1) is 13.7. The summed E-state index contributed by atoms with van der Waals surface area (Å²) in [7, 11) is 0. The molecule has 2 nitrogen and oxygen atoms in total. The van der Waals surface area contributed by atoms with Gasteiger partial charge in [-0.1, -0.05) is 17.2 Å². The van der Waals surface area contributed by atoms with E-state index in [0.717, 1.165) is 11.1 Å². The maximum Gasteiger partial charge on any atom is 0.255 e. The molecule has 0 atom stereocenters. The molecule has 2 aromatic carbocycles. The fourth-order valence-corrected chi connectivity index (χ4v) is 2.34. The molecule has 0 radical (unpaired) electrons. The summed E-state index contributed by atoms with van der Waals surface area (Å²) in [6, 6.07) is 9.79. The molecular weight excluding hydrogens is 309 g/mol. The van der Waals surface area contributed by atoms with Gasteiger partial charge in [-0.25, -0.2) is 4.39 Å². The summed E-state index contributed by atoms with van der Waals surface area (Å²) < 4.78 is 13.5. The van der Waals surface area contributed by atoms with Crippen LogP contribution in [0.2, 0.25) is 0 Å². The smallest absolute Gasteiger partial charge is 0.255 e. The lowest BCUT2D eigenvalue weighted by atomic mass is 10.1. The third kappa shape index (κ3) is 3.41. The molecule has 19 heavy (non-hydrogen) atoms. The number of benzene rings is 2. The minimum absolute atomic E-state index is 0.209.